The fourth-order valence-corrected chi connectivity index (χ4v) is 3.62. The summed E-state index contributed by atoms with van der Waals surface area (Å²) in [5.74, 6) is -1.20. The average Bonchev–Trinajstić information content (AvgIpc) is 2.96. The highest BCUT2D eigenvalue weighted by Gasteiger charge is 2.31. The molecule has 28 heavy (non-hydrogen) atoms. The molecule has 0 bridgehead atoms. The Balaban J connectivity index is 2.24. The summed E-state index contributed by atoms with van der Waals surface area (Å²) in [4.78, 5) is 40.6. The van der Waals surface area contributed by atoms with Crippen LogP contribution in [0.1, 0.15) is 77.7 Å². The van der Waals surface area contributed by atoms with Crippen LogP contribution < -0.4 is 0 Å². The second kappa shape index (κ2) is 9.00. The molecule has 0 aliphatic carbocycles. The van der Waals surface area contributed by atoms with Gasteiger partial charge in [-0.1, -0.05) is 50.6 Å². The Morgan fingerprint density at radius 3 is 2.18 bits per heavy atom. The van der Waals surface area contributed by atoms with E-state index in [0.717, 1.165) is 12.0 Å². The van der Waals surface area contributed by atoms with Crippen LogP contribution in [0.15, 0.2) is 30.3 Å². The summed E-state index contributed by atoms with van der Waals surface area (Å²) in [5.41, 5.74) is 2.96. The Hall–Kier alpha value is -2.69. The molecule has 1 N–H and O–H groups in total. The van der Waals surface area contributed by atoms with Gasteiger partial charge in [0.15, 0.2) is 11.9 Å². The van der Waals surface area contributed by atoms with Crippen LogP contribution in [0.5, 0.6) is 0 Å². The lowest BCUT2D eigenvalue weighted by atomic mass is 9.85. The van der Waals surface area contributed by atoms with Crippen molar-refractivity contribution in [2.24, 2.45) is 5.92 Å². The minimum atomic E-state index is -0.945. The molecule has 0 unspecified atom stereocenters. The molecule has 1 aromatic heterocycles. The number of aryl methyl sites for hydroxylation is 1. The van der Waals surface area contributed by atoms with E-state index in [-0.39, 0.29) is 17.5 Å². The van der Waals surface area contributed by atoms with Crippen LogP contribution in [0.2, 0.25) is 0 Å². The molecule has 1 heterocycles. The van der Waals surface area contributed by atoms with Crippen molar-refractivity contribution in [3.05, 3.63) is 58.4 Å². The maximum atomic E-state index is 12.9. The van der Waals surface area contributed by atoms with Crippen molar-refractivity contribution in [1.82, 2.24) is 4.98 Å². The molecule has 3 atom stereocenters. The highest BCUT2D eigenvalue weighted by molar-refractivity contribution is 6.05. The zero-order valence-electron chi connectivity index (χ0n) is 17.5. The number of ketones is 2. The van der Waals surface area contributed by atoms with Gasteiger partial charge < -0.3 is 9.72 Å². The molecule has 0 spiro atoms. The third kappa shape index (κ3) is 4.41. The average molecular weight is 383 g/mol. The number of esters is 1. The van der Waals surface area contributed by atoms with Crippen LogP contribution in [0.25, 0.3) is 0 Å². The summed E-state index contributed by atoms with van der Waals surface area (Å²) in [6.45, 7) is 10.6. The lowest BCUT2D eigenvalue weighted by molar-refractivity contribution is -0.149. The van der Waals surface area contributed by atoms with Gasteiger partial charge in [-0.3, -0.25) is 14.4 Å². The Morgan fingerprint density at radius 1 is 1.07 bits per heavy atom. The number of rotatable bonds is 8. The third-order valence-corrected chi connectivity index (χ3v) is 5.32. The lowest BCUT2D eigenvalue weighted by Gasteiger charge is -2.23. The van der Waals surface area contributed by atoms with Gasteiger partial charge in [0, 0.05) is 11.3 Å². The Bertz CT molecular complexity index is 866. The van der Waals surface area contributed by atoms with E-state index in [1.54, 1.807) is 20.8 Å². The van der Waals surface area contributed by atoms with Gasteiger partial charge in [-0.15, -0.1) is 0 Å². The zero-order valence-corrected chi connectivity index (χ0v) is 17.5. The molecule has 0 fully saturated rings. The first-order valence-corrected chi connectivity index (χ1v) is 9.68. The lowest BCUT2D eigenvalue weighted by Crippen LogP contribution is -2.30. The highest BCUT2D eigenvalue weighted by atomic mass is 16.5. The smallest absolute Gasteiger partial charge is 0.314 e. The number of carbonyl (C=O) groups excluding carboxylic acids is 3. The monoisotopic (exact) mass is 383 g/mol. The van der Waals surface area contributed by atoms with Crippen molar-refractivity contribution >= 4 is 17.5 Å². The fraction of sp³-hybridized carbons (Fsp3) is 0.435. The molecule has 0 radical (unpaired) electrons. The number of carbonyl (C=O) groups is 3. The van der Waals surface area contributed by atoms with Crippen LogP contribution >= 0.6 is 0 Å². The van der Waals surface area contributed by atoms with E-state index < -0.39 is 18.0 Å². The summed E-state index contributed by atoms with van der Waals surface area (Å²) in [7, 11) is 0. The predicted molar refractivity (Wildman–Crippen MR) is 109 cm³/mol. The van der Waals surface area contributed by atoms with E-state index in [0.29, 0.717) is 22.5 Å². The van der Waals surface area contributed by atoms with Crippen molar-refractivity contribution < 1.29 is 19.1 Å². The minimum Gasteiger partial charge on any atom is -0.454 e. The molecule has 0 aliphatic rings. The van der Waals surface area contributed by atoms with Crippen LogP contribution in [-0.4, -0.2) is 28.6 Å². The number of ether oxygens (including phenoxy) is 1. The molecule has 0 amide bonds. The molecule has 150 valence electrons. The molecular weight excluding hydrogens is 354 g/mol. The van der Waals surface area contributed by atoms with Crippen molar-refractivity contribution in [2.45, 2.75) is 60.0 Å². The van der Waals surface area contributed by atoms with Gasteiger partial charge in [0.1, 0.15) is 0 Å². The number of hydrogen-bond donors (Lipinski definition) is 1. The van der Waals surface area contributed by atoms with Gasteiger partial charge in [-0.25, -0.2) is 0 Å². The molecule has 0 saturated heterocycles. The van der Waals surface area contributed by atoms with Gasteiger partial charge in [-0.05, 0) is 44.7 Å². The minimum absolute atomic E-state index is 0.0796. The summed E-state index contributed by atoms with van der Waals surface area (Å²) in [6, 6.07) is 9.49. The van der Waals surface area contributed by atoms with Crippen molar-refractivity contribution in [3.63, 3.8) is 0 Å². The first-order chi connectivity index (χ1) is 13.2. The van der Waals surface area contributed by atoms with Crippen LogP contribution in [0, 0.1) is 19.8 Å². The van der Waals surface area contributed by atoms with E-state index in [1.165, 1.54) is 6.92 Å². The molecule has 1 aromatic carbocycles. The van der Waals surface area contributed by atoms with E-state index in [2.05, 4.69) is 4.98 Å². The van der Waals surface area contributed by atoms with Gasteiger partial charge >= 0.3 is 5.97 Å². The maximum Gasteiger partial charge on any atom is 0.314 e. The normalized spacial score (nSPS) is 14.2. The first kappa shape index (κ1) is 21.6. The summed E-state index contributed by atoms with van der Waals surface area (Å²) < 4.78 is 5.58. The molecule has 0 saturated carbocycles. The van der Waals surface area contributed by atoms with Crippen LogP contribution in [0.4, 0.5) is 0 Å². The Kier molecular flexibility index (Phi) is 6.95. The summed E-state index contributed by atoms with van der Waals surface area (Å²) in [6.07, 6.45) is -0.132. The van der Waals surface area contributed by atoms with Gasteiger partial charge in [0.2, 0.25) is 5.78 Å². The largest absolute Gasteiger partial charge is 0.454 e. The van der Waals surface area contributed by atoms with E-state index in [4.69, 9.17) is 4.74 Å². The first-order valence-electron chi connectivity index (χ1n) is 9.68. The molecule has 2 rings (SSSR count). The number of benzene rings is 1. The Labute approximate surface area is 166 Å². The topological polar surface area (TPSA) is 76.2 Å². The summed E-state index contributed by atoms with van der Waals surface area (Å²) >= 11 is 0. The zero-order chi connectivity index (χ0) is 21.0. The number of aromatic nitrogens is 1. The molecule has 5 nitrogen and oxygen atoms in total. The van der Waals surface area contributed by atoms with Gasteiger partial charge in [0.25, 0.3) is 0 Å². The predicted octanol–water partition coefficient (Wildman–Crippen LogP) is 4.78. The quantitative estimate of drug-likeness (QED) is 0.526. The van der Waals surface area contributed by atoms with E-state index in [1.807, 2.05) is 44.2 Å². The molecule has 5 heteroatoms. The fourth-order valence-electron chi connectivity index (χ4n) is 3.62. The van der Waals surface area contributed by atoms with Gasteiger partial charge in [0.05, 0.1) is 11.6 Å². The molecule has 0 aliphatic heterocycles. The standard InChI is InChI=1S/C23H29NO4/c1-7-13(2)19(18-11-9-8-10-12-18)23(27)28-17(6)22(26)21-14(3)20(16(5)25)15(4)24-21/h8-13,17,19,24H,7H2,1-6H3/t13-,17-,19+/m0/s1. The van der Waals surface area contributed by atoms with Crippen molar-refractivity contribution in [3.8, 4) is 0 Å². The van der Waals surface area contributed by atoms with Crippen LogP contribution in [0.3, 0.4) is 0 Å². The second-order valence-corrected chi connectivity index (χ2v) is 7.40. The number of aromatic amines is 1. The van der Waals surface area contributed by atoms with Crippen molar-refractivity contribution in [1.29, 1.82) is 0 Å². The third-order valence-electron chi connectivity index (χ3n) is 5.32. The number of nitrogens with one attached hydrogen (secondary N) is 1. The Morgan fingerprint density at radius 2 is 1.68 bits per heavy atom. The van der Waals surface area contributed by atoms with Gasteiger partial charge in [-0.2, -0.15) is 0 Å². The number of hydrogen-bond acceptors (Lipinski definition) is 4. The summed E-state index contributed by atoms with van der Waals surface area (Å²) in [5, 5.41) is 0. The molecular formula is C23H29NO4. The number of H-pyrrole nitrogens is 1. The number of Topliss-reactive ketones (excluding diaryl/α,β-unsaturated/α-hetero) is 2. The molecule has 2 aromatic rings. The van der Waals surface area contributed by atoms with Crippen LogP contribution in [-0.2, 0) is 9.53 Å². The van der Waals surface area contributed by atoms with E-state index >= 15 is 0 Å². The maximum absolute atomic E-state index is 12.9. The highest BCUT2D eigenvalue weighted by Crippen LogP contribution is 2.29. The second-order valence-electron chi connectivity index (χ2n) is 7.40. The van der Waals surface area contributed by atoms with Crippen molar-refractivity contribution in [2.75, 3.05) is 0 Å². The van der Waals surface area contributed by atoms with E-state index in [9.17, 15) is 14.4 Å². The SMILES string of the molecule is CC[C@H](C)[C@@H](C(=O)O[C@@H](C)C(=O)c1[nH]c(C)c(C(C)=O)c1C)c1ccccc1.